The maximum absolute atomic E-state index is 4.11. The Kier molecular flexibility index (Phi) is 24.7. The number of nitrogens with zero attached hydrogens (tertiary/aromatic N) is 6. The maximum Gasteiger partial charge on any atom is 4.00 e. The van der Waals surface area contributed by atoms with Gasteiger partial charge < -0.3 is 30.7 Å². The van der Waals surface area contributed by atoms with Crippen LogP contribution in [0.3, 0.4) is 0 Å². The SMILES string of the molecule is C[N-]CCc1ccccc1N(C)C.C[N-]CCc1ccccc1N(C)C.C[N-]CCc1ccccc1N(C)C.[C-]1=CC=CC1.[Ti+4]. The monoisotopic (exact) mass is 644 g/mol. The van der Waals surface area contributed by atoms with Crippen molar-refractivity contribution in [2.24, 2.45) is 0 Å². The van der Waals surface area contributed by atoms with Gasteiger partial charge in [-0.05, 0) is 54.2 Å². The molecule has 0 fully saturated rings. The Morgan fingerprint density at radius 1 is 0.533 bits per heavy atom. The molecule has 45 heavy (non-hydrogen) atoms. The van der Waals surface area contributed by atoms with Crippen molar-refractivity contribution in [3.8, 4) is 0 Å². The minimum absolute atomic E-state index is 0. The van der Waals surface area contributed by atoms with Crippen LogP contribution in [0.15, 0.2) is 91.0 Å². The molecule has 1 aliphatic rings. The van der Waals surface area contributed by atoms with Crippen molar-refractivity contribution in [1.82, 2.24) is 0 Å². The molecule has 4 rings (SSSR count). The van der Waals surface area contributed by atoms with Crippen LogP contribution in [-0.2, 0) is 41.0 Å². The minimum atomic E-state index is 0. The molecule has 242 valence electrons. The second kappa shape index (κ2) is 26.4. The standard InChI is InChI=1S/3C11H17N2.C5H5.Ti/c3*1-12-9-8-10-6-4-5-7-11(10)13(2)3;1-2-4-5-3-1;/h3*4-7H,8-9H2,1-3H3;1-3H,4H2;/q4*-1;+4. The Balaban J connectivity index is 0.000000591. The van der Waals surface area contributed by atoms with Crippen molar-refractivity contribution in [2.45, 2.75) is 25.7 Å². The molecular formula is C38H56N6Ti. The van der Waals surface area contributed by atoms with E-state index in [2.05, 4.69) is 158 Å². The predicted molar refractivity (Wildman–Crippen MR) is 197 cm³/mol. The second-order valence-electron chi connectivity index (χ2n) is 10.9. The third kappa shape index (κ3) is 18.0. The van der Waals surface area contributed by atoms with Gasteiger partial charge in [-0.15, -0.1) is 26.1 Å². The molecule has 0 aromatic heterocycles. The average molecular weight is 645 g/mol. The summed E-state index contributed by atoms with van der Waals surface area (Å²) >= 11 is 0. The topological polar surface area (TPSA) is 52.0 Å². The zero-order chi connectivity index (χ0) is 32.6. The third-order valence-electron chi connectivity index (χ3n) is 6.82. The molecule has 0 amide bonds. The largest absolute Gasteiger partial charge is 4.00 e. The van der Waals surface area contributed by atoms with E-state index in [-0.39, 0.29) is 21.7 Å². The number of rotatable bonds is 12. The summed E-state index contributed by atoms with van der Waals surface area (Å²) in [5.74, 6) is 0. The van der Waals surface area contributed by atoms with E-state index in [9.17, 15) is 0 Å². The van der Waals surface area contributed by atoms with Gasteiger partial charge in [-0.2, -0.15) is 27.2 Å². The van der Waals surface area contributed by atoms with E-state index in [4.69, 9.17) is 0 Å². The number of hydrogen-bond donors (Lipinski definition) is 0. The molecule has 0 N–H and O–H groups in total. The van der Waals surface area contributed by atoms with Gasteiger partial charge in [0.15, 0.2) is 0 Å². The Morgan fingerprint density at radius 3 is 1.04 bits per heavy atom. The first-order valence-electron chi connectivity index (χ1n) is 15.4. The molecule has 3 aromatic carbocycles. The van der Waals surface area contributed by atoms with Crippen LogP contribution in [0.4, 0.5) is 17.1 Å². The number of likely N-dealkylation sites (N-methyl/N-ethyl adjacent to an activating group) is 3. The molecule has 0 unspecified atom stereocenters. The molecule has 0 spiro atoms. The van der Waals surface area contributed by atoms with Gasteiger partial charge in [0.05, 0.1) is 0 Å². The summed E-state index contributed by atoms with van der Waals surface area (Å²) in [6.45, 7) is 2.72. The molecule has 0 atom stereocenters. The summed E-state index contributed by atoms with van der Waals surface area (Å²) in [6.07, 6.45) is 13.1. The van der Waals surface area contributed by atoms with Crippen LogP contribution in [0, 0.1) is 6.08 Å². The van der Waals surface area contributed by atoms with Crippen LogP contribution in [0.1, 0.15) is 23.1 Å². The first kappa shape index (κ1) is 42.1. The van der Waals surface area contributed by atoms with E-state index in [1.807, 2.05) is 33.3 Å². The first-order chi connectivity index (χ1) is 21.3. The second-order valence-corrected chi connectivity index (χ2v) is 10.9. The molecule has 3 aromatic rings. The summed E-state index contributed by atoms with van der Waals surface area (Å²) in [4.78, 5) is 6.43. The molecule has 6 nitrogen and oxygen atoms in total. The van der Waals surface area contributed by atoms with E-state index in [0.717, 1.165) is 45.3 Å². The molecule has 0 heterocycles. The summed E-state index contributed by atoms with van der Waals surface area (Å²) in [7, 11) is 18.0. The maximum atomic E-state index is 4.11. The number of para-hydroxylation sites is 3. The van der Waals surface area contributed by atoms with Crippen molar-refractivity contribution in [3.63, 3.8) is 0 Å². The fraction of sp³-hybridized carbons (Fsp3) is 0.421. The quantitative estimate of drug-likeness (QED) is 0.148. The molecule has 0 bridgehead atoms. The first-order valence-corrected chi connectivity index (χ1v) is 15.4. The van der Waals surface area contributed by atoms with Gasteiger partial charge in [-0.3, -0.25) is 6.08 Å². The Morgan fingerprint density at radius 2 is 0.844 bits per heavy atom. The number of hydrogen-bond acceptors (Lipinski definition) is 3. The Labute approximate surface area is 290 Å². The van der Waals surface area contributed by atoms with E-state index >= 15 is 0 Å². The molecule has 0 saturated carbocycles. The van der Waals surface area contributed by atoms with Crippen LogP contribution in [-0.4, -0.2) is 83.1 Å². The third-order valence-corrected chi connectivity index (χ3v) is 6.82. The van der Waals surface area contributed by atoms with Crippen LogP contribution in [0.2, 0.25) is 0 Å². The fourth-order valence-electron chi connectivity index (χ4n) is 4.51. The normalized spacial score (nSPS) is 10.7. The van der Waals surface area contributed by atoms with Crippen LogP contribution < -0.4 is 14.7 Å². The molecular weight excluding hydrogens is 588 g/mol. The van der Waals surface area contributed by atoms with Crippen LogP contribution in [0.25, 0.3) is 16.0 Å². The van der Waals surface area contributed by atoms with E-state index in [0.29, 0.717) is 0 Å². The molecule has 0 saturated heterocycles. The average Bonchev–Trinajstić information content (AvgIpc) is 3.63. The molecule has 0 aliphatic heterocycles. The van der Waals surface area contributed by atoms with Crippen LogP contribution >= 0.6 is 0 Å². The number of allylic oxidation sites excluding steroid dienone is 4. The van der Waals surface area contributed by atoms with Gasteiger partial charge in [0, 0.05) is 59.3 Å². The van der Waals surface area contributed by atoms with Gasteiger partial charge in [0.1, 0.15) is 0 Å². The van der Waals surface area contributed by atoms with Crippen molar-refractivity contribution in [2.75, 3.05) is 97.8 Å². The summed E-state index contributed by atoms with van der Waals surface area (Å²) < 4.78 is 0. The minimum Gasteiger partial charge on any atom is -0.665 e. The summed E-state index contributed by atoms with van der Waals surface area (Å²) in [5.41, 5.74) is 8.01. The van der Waals surface area contributed by atoms with Gasteiger partial charge in [0.25, 0.3) is 0 Å². The van der Waals surface area contributed by atoms with E-state index in [1.165, 1.54) is 33.8 Å². The van der Waals surface area contributed by atoms with Crippen molar-refractivity contribution in [1.29, 1.82) is 0 Å². The molecule has 0 radical (unpaired) electrons. The fourth-order valence-corrected chi connectivity index (χ4v) is 4.51. The Bertz CT molecular complexity index is 1060. The van der Waals surface area contributed by atoms with E-state index in [1.54, 1.807) is 0 Å². The van der Waals surface area contributed by atoms with Crippen LogP contribution in [0.5, 0.6) is 0 Å². The number of benzene rings is 3. The molecule has 7 heteroatoms. The van der Waals surface area contributed by atoms with Gasteiger partial charge in [0.2, 0.25) is 0 Å². The Hall–Kier alpha value is -2.87. The zero-order valence-corrected chi connectivity index (χ0v) is 30.9. The van der Waals surface area contributed by atoms with Gasteiger partial charge in [-0.25, -0.2) is 12.2 Å². The summed E-state index contributed by atoms with van der Waals surface area (Å²) in [5, 5.41) is 12.3. The van der Waals surface area contributed by atoms with Crippen molar-refractivity contribution >= 4 is 17.1 Å². The zero-order valence-electron chi connectivity index (χ0n) is 29.3. The van der Waals surface area contributed by atoms with Crippen molar-refractivity contribution in [3.05, 3.63) is 130 Å². The van der Waals surface area contributed by atoms with Gasteiger partial charge in [-0.1, -0.05) is 54.6 Å². The summed E-state index contributed by atoms with van der Waals surface area (Å²) in [6, 6.07) is 25.4. The van der Waals surface area contributed by atoms with E-state index < -0.39 is 0 Å². The smallest absolute Gasteiger partial charge is 0.665 e. The molecule has 1 aliphatic carbocycles. The van der Waals surface area contributed by atoms with Gasteiger partial charge >= 0.3 is 21.7 Å². The predicted octanol–water partition coefficient (Wildman–Crippen LogP) is 8.20. The number of anilines is 3. The van der Waals surface area contributed by atoms with Crippen molar-refractivity contribution < 1.29 is 21.7 Å².